The molecule has 1 saturated heterocycles. The first-order chi connectivity index (χ1) is 11.2. The summed E-state index contributed by atoms with van der Waals surface area (Å²) in [6, 6.07) is 6.96. The molecule has 1 aliphatic heterocycles. The second-order valence-electron chi connectivity index (χ2n) is 6.11. The molecule has 122 valence electrons. The average Bonchev–Trinajstić information content (AvgIpc) is 2.57. The summed E-state index contributed by atoms with van der Waals surface area (Å²) in [5.41, 5.74) is 2.13. The van der Waals surface area contributed by atoms with Crippen LogP contribution in [0.5, 0.6) is 5.88 Å². The van der Waals surface area contributed by atoms with Crippen molar-refractivity contribution in [3.05, 3.63) is 53.7 Å². The van der Waals surface area contributed by atoms with Crippen LogP contribution in [0.1, 0.15) is 24.0 Å². The highest BCUT2D eigenvalue weighted by molar-refractivity contribution is 5.22. The monoisotopic (exact) mass is 315 g/mol. The van der Waals surface area contributed by atoms with Crippen LogP contribution in [-0.4, -0.2) is 35.1 Å². The molecular formula is C18H22FN3O. The summed E-state index contributed by atoms with van der Waals surface area (Å²) < 4.78 is 18.6. The number of methoxy groups -OCH3 is 1. The molecule has 5 heteroatoms. The van der Waals surface area contributed by atoms with Crippen molar-refractivity contribution in [3.8, 4) is 5.88 Å². The number of nitrogens with zero attached hydrogens (tertiary/aromatic N) is 3. The van der Waals surface area contributed by atoms with Gasteiger partial charge in [-0.2, -0.15) is 0 Å². The molecular weight excluding hydrogens is 293 g/mol. The van der Waals surface area contributed by atoms with Crippen molar-refractivity contribution in [2.24, 2.45) is 5.92 Å². The molecule has 0 spiro atoms. The SMILES string of the molecule is COc1ncncc1CN1CCC(Cc2cccc(F)c2)CC1. The Bertz CT molecular complexity index is 642. The third-order valence-corrected chi connectivity index (χ3v) is 4.45. The third-order valence-electron chi connectivity index (χ3n) is 4.45. The second kappa shape index (κ2) is 7.51. The van der Waals surface area contributed by atoms with Crippen molar-refractivity contribution in [1.82, 2.24) is 14.9 Å². The van der Waals surface area contributed by atoms with E-state index >= 15 is 0 Å². The lowest BCUT2D eigenvalue weighted by atomic mass is 9.90. The standard InChI is InChI=1S/C18H22FN3O/c1-23-18-16(11-20-13-21-18)12-22-7-5-14(6-8-22)9-15-3-2-4-17(19)10-15/h2-4,10-11,13-14H,5-9,12H2,1H3. The van der Waals surface area contributed by atoms with Crippen LogP contribution in [0.4, 0.5) is 4.39 Å². The van der Waals surface area contributed by atoms with Crippen molar-refractivity contribution in [1.29, 1.82) is 0 Å². The van der Waals surface area contributed by atoms with Gasteiger partial charge in [0.25, 0.3) is 0 Å². The third kappa shape index (κ3) is 4.26. The molecule has 23 heavy (non-hydrogen) atoms. The molecule has 0 bridgehead atoms. The molecule has 1 aromatic heterocycles. The first kappa shape index (κ1) is 15.9. The lowest BCUT2D eigenvalue weighted by molar-refractivity contribution is 0.175. The predicted octanol–water partition coefficient (Wildman–Crippen LogP) is 3.08. The van der Waals surface area contributed by atoms with Crippen molar-refractivity contribution < 1.29 is 9.13 Å². The molecule has 0 aliphatic carbocycles. The van der Waals surface area contributed by atoms with Gasteiger partial charge < -0.3 is 4.74 Å². The van der Waals surface area contributed by atoms with Gasteiger partial charge in [0.2, 0.25) is 5.88 Å². The molecule has 2 heterocycles. The average molecular weight is 315 g/mol. The molecule has 1 aliphatic rings. The van der Waals surface area contributed by atoms with Gasteiger partial charge in [-0.25, -0.2) is 14.4 Å². The zero-order valence-corrected chi connectivity index (χ0v) is 13.4. The molecule has 0 amide bonds. The van der Waals surface area contributed by atoms with E-state index in [2.05, 4.69) is 14.9 Å². The maximum Gasteiger partial charge on any atom is 0.220 e. The lowest BCUT2D eigenvalue weighted by Gasteiger charge is -2.32. The molecule has 3 rings (SSSR count). The van der Waals surface area contributed by atoms with Crippen LogP contribution in [0.2, 0.25) is 0 Å². The lowest BCUT2D eigenvalue weighted by Crippen LogP contribution is -2.34. The molecule has 0 unspecified atom stereocenters. The molecule has 0 radical (unpaired) electrons. The predicted molar refractivity (Wildman–Crippen MR) is 86.7 cm³/mol. The van der Waals surface area contributed by atoms with E-state index in [-0.39, 0.29) is 5.82 Å². The number of hydrogen-bond donors (Lipinski definition) is 0. The number of likely N-dealkylation sites (tertiary alicyclic amines) is 1. The fourth-order valence-corrected chi connectivity index (χ4v) is 3.23. The quantitative estimate of drug-likeness (QED) is 0.850. The number of aromatic nitrogens is 2. The van der Waals surface area contributed by atoms with E-state index < -0.39 is 0 Å². The number of benzene rings is 1. The fourth-order valence-electron chi connectivity index (χ4n) is 3.23. The van der Waals surface area contributed by atoms with E-state index in [1.807, 2.05) is 12.3 Å². The Balaban J connectivity index is 1.52. The number of rotatable bonds is 5. The van der Waals surface area contributed by atoms with Crippen LogP contribution in [-0.2, 0) is 13.0 Å². The summed E-state index contributed by atoms with van der Waals surface area (Å²) in [6.07, 6.45) is 6.56. The summed E-state index contributed by atoms with van der Waals surface area (Å²) in [5.74, 6) is 1.14. The Morgan fingerprint density at radius 2 is 2.13 bits per heavy atom. The van der Waals surface area contributed by atoms with Gasteiger partial charge >= 0.3 is 0 Å². The van der Waals surface area contributed by atoms with E-state index in [1.54, 1.807) is 19.2 Å². The maximum atomic E-state index is 13.3. The van der Waals surface area contributed by atoms with Crippen LogP contribution in [0.3, 0.4) is 0 Å². The summed E-state index contributed by atoms with van der Waals surface area (Å²) in [7, 11) is 1.64. The largest absolute Gasteiger partial charge is 0.481 e. The topological polar surface area (TPSA) is 38.3 Å². The van der Waals surface area contributed by atoms with E-state index in [0.29, 0.717) is 11.8 Å². The maximum absolute atomic E-state index is 13.3. The smallest absolute Gasteiger partial charge is 0.220 e. The molecule has 0 saturated carbocycles. The van der Waals surface area contributed by atoms with Crippen LogP contribution < -0.4 is 4.74 Å². The molecule has 1 aromatic carbocycles. The molecule has 0 N–H and O–H groups in total. The van der Waals surface area contributed by atoms with E-state index in [9.17, 15) is 4.39 Å². The van der Waals surface area contributed by atoms with Crippen LogP contribution in [0.15, 0.2) is 36.8 Å². The van der Waals surface area contributed by atoms with Crippen molar-refractivity contribution in [3.63, 3.8) is 0 Å². The van der Waals surface area contributed by atoms with Gasteiger partial charge in [-0.1, -0.05) is 12.1 Å². The summed E-state index contributed by atoms with van der Waals surface area (Å²) in [6.45, 7) is 2.90. The first-order valence-corrected chi connectivity index (χ1v) is 8.04. The minimum Gasteiger partial charge on any atom is -0.481 e. The van der Waals surface area contributed by atoms with E-state index in [4.69, 9.17) is 4.74 Å². The van der Waals surface area contributed by atoms with Gasteiger partial charge in [0, 0.05) is 18.3 Å². The van der Waals surface area contributed by atoms with Gasteiger partial charge in [0.1, 0.15) is 12.1 Å². The Morgan fingerprint density at radius 3 is 2.87 bits per heavy atom. The Kier molecular flexibility index (Phi) is 5.18. The molecule has 4 nitrogen and oxygen atoms in total. The van der Waals surface area contributed by atoms with Crippen LogP contribution in [0.25, 0.3) is 0 Å². The zero-order chi connectivity index (χ0) is 16.1. The van der Waals surface area contributed by atoms with Crippen LogP contribution >= 0.6 is 0 Å². The number of halogens is 1. The van der Waals surface area contributed by atoms with Gasteiger partial charge in [-0.15, -0.1) is 0 Å². The number of hydrogen-bond acceptors (Lipinski definition) is 4. The van der Waals surface area contributed by atoms with Gasteiger partial charge in [0.05, 0.1) is 7.11 Å². The summed E-state index contributed by atoms with van der Waals surface area (Å²) >= 11 is 0. The highest BCUT2D eigenvalue weighted by Gasteiger charge is 2.20. The van der Waals surface area contributed by atoms with Crippen molar-refractivity contribution in [2.75, 3.05) is 20.2 Å². The second-order valence-corrected chi connectivity index (χ2v) is 6.11. The fraction of sp³-hybridized carbons (Fsp3) is 0.444. The molecule has 1 fully saturated rings. The number of piperidine rings is 1. The normalized spacial score (nSPS) is 16.4. The minimum atomic E-state index is -0.142. The summed E-state index contributed by atoms with van der Waals surface area (Å²) in [5, 5.41) is 0. The highest BCUT2D eigenvalue weighted by Crippen LogP contribution is 2.24. The van der Waals surface area contributed by atoms with Gasteiger partial charge in [-0.3, -0.25) is 4.90 Å². The van der Waals surface area contributed by atoms with E-state index in [0.717, 1.165) is 50.0 Å². The summed E-state index contributed by atoms with van der Waals surface area (Å²) in [4.78, 5) is 10.6. The van der Waals surface area contributed by atoms with Gasteiger partial charge in [0.15, 0.2) is 0 Å². The molecule has 2 aromatic rings. The van der Waals surface area contributed by atoms with E-state index in [1.165, 1.54) is 12.4 Å². The van der Waals surface area contributed by atoms with Crippen molar-refractivity contribution >= 4 is 0 Å². The highest BCUT2D eigenvalue weighted by atomic mass is 19.1. The Hall–Kier alpha value is -2.01. The van der Waals surface area contributed by atoms with Crippen molar-refractivity contribution in [2.45, 2.75) is 25.8 Å². The first-order valence-electron chi connectivity index (χ1n) is 8.04. The Labute approximate surface area is 136 Å². The molecule has 0 atom stereocenters. The Morgan fingerprint density at radius 1 is 1.30 bits per heavy atom. The zero-order valence-electron chi connectivity index (χ0n) is 13.4. The minimum absolute atomic E-state index is 0.142. The number of ether oxygens (including phenoxy) is 1. The van der Waals surface area contributed by atoms with Gasteiger partial charge in [-0.05, 0) is 56.0 Å². The van der Waals surface area contributed by atoms with Crippen LogP contribution in [0, 0.1) is 11.7 Å².